The maximum absolute atomic E-state index is 12.7. The first kappa shape index (κ1) is 27.0. The number of sulfone groups is 1. The summed E-state index contributed by atoms with van der Waals surface area (Å²) in [5.74, 6) is 1.58. The van der Waals surface area contributed by atoms with Crippen LogP contribution in [0.15, 0.2) is 0 Å². The normalized spacial score (nSPS) is 14.4. The van der Waals surface area contributed by atoms with E-state index in [4.69, 9.17) is 0 Å². The van der Waals surface area contributed by atoms with Gasteiger partial charge >= 0.3 is 0 Å². The molecule has 27 heavy (non-hydrogen) atoms. The molecule has 0 saturated heterocycles. The summed E-state index contributed by atoms with van der Waals surface area (Å²) in [6, 6.07) is 0. The molecule has 164 valence electrons. The summed E-state index contributed by atoms with van der Waals surface area (Å²) in [4.78, 5) is 0. The van der Waals surface area contributed by atoms with Crippen LogP contribution in [0.3, 0.4) is 0 Å². The first-order valence-corrected chi connectivity index (χ1v) is 14.0. The van der Waals surface area contributed by atoms with Crippen molar-refractivity contribution in [2.45, 2.75) is 130 Å². The zero-order valence-corrected chi connectivity index (χ0v) is 19.9. The molecule has 0 heterocycles. The SMILES string of the molecule is CCCCCCCCC(CC)CS(=O)(=O)CC(CC)CCCCCCCC. The Morgan fingerprint density at radius 3 is 1.19 bits per heavy atom. The fraction of sp³-hybridized carbons (Fsp3) is 1.00. The zero-order valence-electron chi connectivity index (χ0n) is 19.1. The second-order valence-electron chi connectivity index (χ2n) is 8.74. The Balaban J connectivity index is 4.12. The van der Waals surface area contributed by atoms with Gasteiger partial charge in [0.1, 0.15) is 0 Å². The molecule has 0 aliphatic rings. The summed E-state index contributed by atoms with van der Waals surface area (Å²) in [5, 5.41) is 0. The largest absolute Gasteiger partial charge is 0.229 e. The molecule has 0 spiro atoms. The van der Waals surface area contributed by atoms with Crippen molar-refractivity contribution >= 4 is 9.84 Å². The Labute approximate surface area is 172 Å². The molecule has 0 rings (SSSR count). The van der Waals surface area contributed by atoms with E-state index in [9.17, 15) is 8.42 Å². The number of hydrogen-bond acceptors (Lipinski definition) is 2. The molecular weight excluding hydrogens is 352 g/mol. The van der Waals surface area contributed by atoms with Gasteiger partial charge in [-0.05, 0) is 24.7 Å². The van der Waals surface area contributed by atoms with E-state index in [0.717, 1.165) is 25.7 Å². The highest BCUT2D eigenvalue weighted by Gasteiger charge is 2.21. The lowest BCUT2D eigenvalue weighted by molar-refractivity contribution is 0.450. The molecule has 0 amide bonds. The van der Waals surface area contributed by atoms with Gasteiger partial charge < -0.3 is 0 Å². The highest BCUT2D eigenvalue weighted by Crippen LogP contribution is 2.21. The number of hydrogen-bond donors (Lipinski definition) is 0. The van der Waals surface area contributed by atoms with E-state index in [1.54, 1.807) is 0 Å². The first-order valence-electron chi connectivity index (χ1n) is 12.2. The number of unbranched alkanes of at least 4 members (excludes halogenated alkanes) is 10. The molecule has 2 nitrogen and oxygen atoms in total. The van der Waals surface area contributed by atoms with Crippen LogP contribution in [0.25, 0.3) is 0 Å². The molecule has 0 radical (unpaired) electrons. The molecule has 0 aliphatic carbocycles. The quantitative estimate of drug-likeness (QED) is 0.194. The average Bonchev–Trinajstić information content (AvgIpc) is 2.65. The van der Waals surface area contributed by atoms with E-state index in [0.29, 0.717) is 23.3 Å². The van der Waals surface area contributed by atoms with Gasteiger partial charge in [0.25, 0.3) is 0 Å². The van der Waals surface area contributed by atoms with E-state index >= 15 is 0 Å². The molecule has 0 N–H and O–H groups in total. The van der Waals surface area contributed by atoms with E-state index in [2.05, 4.69) is 27.7 Å². The molecule has 0 bridgehead atoms. The fourth-order valence-electron chi connectivity index (χ4n) is 4.02. The Morgan fingerprint density at radius 2 is 0.852 bits per heavy atom. The van der Waals surface area contributed by atoms with Crippen molar-refractivity contribution in [3.05, 3.63) is 0 Å². The Hall–Kier alpha value is -0.0500. The molecule has 0 fully saturated rings. The molecule has 2 unspecified atom stereocenters. The van der Waals surface area contributed by atoms with Crippen molar-refractivity contribution < 1.29 is 8.42 Å². The van der Waals surface area contributed by atoms with Crippen molar-refractivity contribution in [3.8, 4) is 0 Å². The molecule has 0 aliphatic heterocycles. The zero-order chi connectivity index (χ0) is 20.4. The van der Waals surface area contributed by atoms with Crippen molar-refractivity contribution in [1.29, 1.82) is 0 Å². The predicted octanol–water partition coefficient (Wildman–Crippen LogP) is 7.95. The topological polar surface area (TPSA) is 34.1 Å². The minimum absolute atomic E-state index is 0.368. The van der Waals surface area contributed by atoms with Crippen LogP contribution < -0.4 is 0 Å². The van der Waals surface area contributed by atoms with Crippen molar-refractivity contribution in [3.63, 3.8) is 0 Å². The minimum atomic E-state index is -2.91. The lowest BCUT2D eigenvalue weighted by atomic mass is 9.99. The number of rotatable bonds is 20. The van der Waals surface area contributed by atoms with Crippen molar-refractivity contribution in [2.24, 2.45) is 11.8 Å². The van der Waals surface area contributed by atoms with E-state index in [-0.39, 0.29) is 0 Å². The van der Waals surface area contributed by atoms with Gasteiger partial charge in [-0.3, -0.25) is 0 Å². The summed E-state index contributed by atoms with van der Waals surface area (Å²) >= 11 is 0. The maximum atomic E-state index is 12.7. The van der Waals surface area contributed by atoms with Gasteiger partial charge in [0, 0.05) is 0 Å². The molecule has 0 aromatic heterocycles. The summed E-state index contributed by atoms with van der Waals surface area (Å²) in [5.41, 5.74) is 0. The van der Waals surface area contributed by atoms with Gasteiger partial charge in [0.2, 0.25) is 0 Å². The summed E-state index contributed by atoms with van der Waals surface area (Å²) in [6.07, 6.45) is 19.7. The molecular formula is C24H50O2S. The second kappa shape index (κ2) is 18.0. The van der Waals surface area contributed by atoms with Gasteiger partial charge in [-0.1, -0.05) is 118 Å². The third kappa shape index (κ3) is 16.6. The highest BCUT2D eigenvalue weighted by molar-refractivity contribution is 7.91. The Kier molecular flexibility index (Phi) is 18.0. The van der Waals surface area contributed by atoms with E-state index in [1.165, 1.54) is 77.0 Å². The van der Waals surface area contributed by atoms with E-state index in [1.807, 2.05) is 0 Å². The van der Waals surface area contributed by atoms with Gasteiger partial charge in [0.05, 0.1) is 11.5 Å². The average molecular weight is 403 g/mol. The second-order valence-corrected chi connectivity index (χ2v) is 10.9. The van der Waals surface area contributed by atoms with Gasteiger partial charge in [-0.2, -0.15) is 0 Å². The van der Waals surface area contributed by atoms with Crippen LogP contribution in [-0.2, 0) is 9.84 Å². The molecule has 2 atom stereocenters. The summed E-state index contributed by atoms with van der Waals surface area (Å²) in [6.45, 7) is 8.80. The van der Waals surface area contributed by atoms with Gasteiger partial charge in [-0.25, -0.2) is 8.42 Å². The minimum Gasteiger partial charge on any atom is -0.229 e. The predicted molar refractivity (Wildman–Crippen MR) is 122 cm³/mol. The summed E-state index contributed by atoms with van der Waals surface area (Å²) < 4.78 is 25.4. The maximum Gasteiger partial charge on any atom is 0.150 e. The van der Waals surface area contributed by atoms with Crippen LogP contribution in [0.5, 0.6) is 0 Å². The third-order valence-corrected chi connectivity index (χ3v) is 8.02. The van der Waals surface area contributed by atoms with Crippen LogP contribution in [0.1, 0.15) is 130 Å². The van der Waals surface area contributed by atoms with Crippen LogP contribution in [-0.4, -0.2) is 19.9 Å². The third-order valence-electron chi connectivity index (χ3n) is 6.07. The van der Waals surface area contributed by atoms with Crippen LogP contribution in [0.4, 0.5) is 0 Å². The van der Waals surface area contributed by atoms with E-state index < -0.39 is 9.84 Å². The lowest BCUT2D eigenvalue weighted by Gasteiger charge is -2.19. The van der Waals surface area contributed by atoms with Crippen LogP contribution in [0, 0.1) is 11.8 Å². The van der Waals surface area contributed by atoms with Gasteiger partial charge in [0.15, 0.2) is 9.84 Å². The summed E-state index contributed by atoms with van der Waals surface area (Å²) in [7, 11) is -2.91. The first-order chi connectivity index (χ1) is 13.0. The standard InChI is InChI=1S/C24H50O2S/c1-5-9-11-13-15-17-19-23(7-3)21-27(25,26)22-24(8-4)20-18-16-14-12-10-6-2/h23-24H,5-22H2,1-4H3. The fourth-order valence-corrected chi connectivity index (χ4v) is 6.40. The van der Waals surface area contributed by atoms with Crippen LogP contribution >= 0.6 is 0 Å². The van der Waals surface area contributed by atoms with Crippen molar-refractivity contribution in [1.82, 2.24) is 0 Å². The highest BCUT2D eigenvalue weighted by atomic mass is 32.2. The Morgan fingerprint density at radius 1 is 0.519 bits per heavy atom. The molecule has 0 aromatic carbocycles. The van der Waals surface area contributed by atoms with Crippen LogP contribution in [0.2, 0.25) is 0 Å². The molecule has 0 saturated carbocycles. The lowest BCUT2D eigenvalue weighted by Crippen LogP contribution is -2.23. The monoisotopic (exact) mass is 402 g/mol. The Bertz CT molecular complexity index is 371. The van der Waals surface area contributed by atoms with Crippen molar-refractivity contribution in [2.75, 3.05) is 11.5 Å². The van der Waals surface area contributed by atoms with Gasteiger partial charge in [-0.15, -0.1) is 0 Å². The molecule has 3 heteroatoms. The smallest absolute Gasteiger partial charge is 0.150 e. The molecule has 0 aromatic rings.